The fourth-order valence-corrected chi connectivity index (χ4v) is 1.53. The first-order valence-electron chi connectivity index (χ1n) is 4.95. The SMILES string of the molecule is CSCCC(=O)Nc1ccc(OC(F)F)cc1. The van der Waals surface area contributed by atoms with Gasteiger partial charge in [-0.25, -0.2) is 0 Å². The van der Waals surface area contributed by atoms with E-state index in [1.807, 2.05) is 6.26 Å². The molecule has 0 spiro atoms. The zero-order valence-corrected chi connectivity index (χ0v) is 10.1. The number of hydrogen-bond donors (Lipinski definition) is 1. The second-order valence-corrected chi connectivity index (χ2v) is 4.18. The summed E-state index contributed by atoms with van der Waals surface area (Å²) in [4.78, 5) is 11.4. The second kappa shape index (κ2) is 7.11. The molecular formula is C11H13F2NO2S. The van der Waals surface area contributed by atoms with Crippen LogP contribution in [0.5, 0.6) is 5.75 Å². The van der Waals surface area contributed by atoms with E-state index in [1.165, 1.54) is 24.3 Å². The predicted molar refractivity (Wildman–Crippen MR) is 64.7 cm³/mol. The van der Waals surface area contributed by atoms with Crippen molar-refractivity contribution < 1.29 is 18.3 Å². The lowest BCUT2D eigenvalue weighted by Crippen LogP contribution is -2.12. The van der Waals surface area contributed by atoms with E-state index >= 15 is 0 Å². The van der Waals surface area contributed by atoms with Crippen LogP contribution in [-0.2, 0) is 4.79 Å². The molecule has 0 unspecified atom stereocenters. The summed E-state index contributed by atoms with van der Waals surface area (Å²) >= 11 is 1.59. The van der Waals surface area contributed by atoms with Crippen molar-refractivity contribution in [2.24, 2.45) is 0 Å². The molecular weight excluding hydrogens is 248 g/mol. The van der Waals surface area contributed by atoms with Crippen molar-refractivity contribution >= 4 is 23.4 Å². The van der Waals surface area contributed by atoms with E-state index in [-0.39, 0.29) is 11.7 Å². The van der Waals surface area contributed by atoms with Gasteiger partial charge in [0.25, 0.3) is 0 Å². The molecule has 0 aliphatic carbocycles. The van der Waals surface area contributed by atoms with Crippen molar-refractivity contribution in [1.82, 2.24) is 0 Å². The van der Waals surface area contributed by atoms with Crippen LogP contribution in [0.1, 0.15) is 6.42 Å². The molecule has 17 heavy (non-hydrogen) atoms. The highest BCUT2D eigenvalue weighted by Gasteiger charge is 2.05. The maximum Gasteiger partial charge on any atom is 0.387 e. The molecule has 1 N–H and O–H groups in total. The highest BCUT2D eigenvalue weighted by atomic mass is 32.2. The molecule has 1 aromatic carbocycles. The van der Waals surface area contributed by atoms with Crippen molar-refractivity contribution in [1.29, 1.82) is 0 Å². The van der Waals surface area contributed by atoms with Crippen LogP contribution in [0.25, 0.3) is 0 Å². The number of thioether (sulfide) groups is 1. The normalized spacial score (nSPS) is 10.4. The fourth-order valence-electron chi connectivity index (χ4n) is 1.14. The van der Waals surface area contributed by atoms with E-state index in [0.717, 1.165) is 5.75 Å². The standard InChI is InChI=1S/C11H13F2NO2S/c1-17-7-6-10(15)14-8-2-4-9(5-3-8)16-11(12)13/h2-5,11H,6-7H2,1H3,(H,14,15). The molecule has 0 bridgehead atoms. The lowest BCUT2D eigenvalue weighted by Gasteiger charge is -2.07. The Morgan fingerprint density at radius 1 is 1.41 bits per heavy atom. The second-order valence-electron chi connectivity index (χ2n) is 3.19. The topological polar surface area (TPSA) is 38.3 Å². The van der Waals surface area contributed by atoms with E-state index in [9.17, 15) is 13.6 Å². The minimum atomic E-state index is -2.84. The molecule has 0 aliphatic rings. The average molecular weight is 261 g/mol. The molecule has 0 atom stereocenters. The number of ether oxygens (including phenoxy) is 1. The van der Waals surface area contributed by atoms with Gasteiger partial charge in [-0.3, -0.25) is 4.79 Å². The summed E-state index contributed by atoms with van der Waals surface area (Å²) in [6.45, 7) is -2.84. The summed E-state index contributed by atoms with van der Waals surface area (Å²) in [5, 5.41) is 2.66. The quantitative estimate of drug-likeness (QED) is 0.855. The summed E-state index contributed by atoms with van der Waals surface area (Å²) in [5.74, 6) is 0.724. The van der Waals surface area contributed by atoms with Crippen LogP contribution in [-0.4, -0.2) is 24.5 Å². The van der Waals surface area contributed by atoms with Crippen LogP contribution < -0.4 is 10.1 Å². The Bertz CT molecular complexity index is 357. The van der Waals surface area contributed by atoms with E-state index in [4.69, 9.17) is 0 Å². The van der Waals surface area contributed by atoms with E-state index in [1.54, 1.807) is 11.8 Å². The zero-order chi connectivity index (χ0) is 12.7. The molecule has 1 aromatic rings. The Balaban J connectivity index is 2.47. The maximum absolute atomic E-state index is 11.9. The molecule has 0 aliphatic heterocycles. The number of benzene rings is 1. The lowest BCUT2D eigenvalue weighted by atomic mass is 10.3. The first kappa shape index (κ1) is 13.8. The summed E-state index contributed by atoms with van der Waals surface area (Å²) in [7, 11) is 0. The van der Waals surface area contributed by atoms with Crippen LogP contribution in [0.2, 0.25) is 0 Å². The third-order valence-electron chi connectivity index (χ3n) is 1.90. The Hall–Kier alpha value is -1.30. The van der Waals surface area contributed by atoms with Gasteiger partial charge in [0.2, 0.25) is 5.91 Å². The number of amides is 1. The smallest absolute Gasteiger partial charge is 0.387 e. The zero-order valence-electron chi connectivity index (χ0n) is 9.28. The molecule has 1 amide bonds. The van der Waals surface area contributed by atoms with Crippen molar-refractivity contribution in [2.75, 3.05) is 17.3 Å². The van der Waals surface area contributed by atoms with Crippen LogP contribution in [0.15, 0.2) is 24.3 Å². The summed E-state index contributed by atoms with van der Waals surface area (Å²) in [6, 6.07) is 5.82. The minimum Gasteiger partial charge on any atom is -0.435 e. The number of hydrogen-bond acceptors (Lipinski definition) is 3. The predicted octanol–water partition coefficient (Wildman–Crippen LogP) is 2.98. The first-order chi connectivity index (χ1) is 8.11. The molecule has 0 aromatic heterocycles. The number of carbonyl (C=O) groups excluding carboxylic acids is 1. The molecule has 0 heterocycles. The van der Waals surface area contributed by atoms with E-state index in [2.05, 4.69) is 10.1 Å². The summed E-state index contributed by atoms with van der Waals surface area (Å²) in [6.07, 6.45) is 2.35. The Morgan fingerprint density at radius 2 is 2.06 bits per heavy atom. The van der Waals surface area contributed by atoms with Crippen molar-refractivity contribution in [3.63, 3.8) is 0 Å². The van der Waals surface area contributed by atoms with Gasteiger partial charge in [-0.2, -0.15) is 20.5 Å². The number of rotatable bonds is 6. The van der Waals surface area contributed by atoms with Crippen LogP contribution in [0.4, 0.5) is 14.5 Å². The van der Waals surface area contributed by atoms with Gasteiger partial charge in [-0.05, 0) is 30.5 Å². The third kappa shape index (κ3) is 5.53. The summed E-state index contributed by atoms with van der Waals surface area (Å²) in [5.41, 5.74) is 0.567. The third-order valence-corrected chi connectivity index (χ3v) is 2.51. The molecule has 1 rings (SSSR count). The van der Waals surface area contributed by atoms with Gasteiger partial charge in [0.05, 0.1) is 0 Å². The van der Waals surface area contributed by atoms with Gasteiger partial charge in [0.15, 0.2) is 0 Å². The van der Waals surface area contributed by atoms with Crippen molar-refractivity contribution in [3.8, 4) is 5.75 Å². The first-order valence-corrected chi connectivity index (χ1v) is 6.35. The molecule has 3 nitrogen and oxygen atoms in total. The molecule has 0 saturated heterocycles. The van der Waals surface area contributed by atoms with Crippen molar-refractivity contribution in [2.45, 2.75) is 13.0 Å². The van der Waals surface area contributed by atoms with Gasteiger partial charge >= 0.3 is 6.61 Å². The fraction of sp³-hybridized carbons (Fsp3) is 0.364. The number of anilines is 1. The van der Waals surface area contributed by atoms with Gasteiger partial charge in [0.1, 0.15) is 5.75 Å². The highest BCUT2D eigenvalue weighted by Crippen LogP contribution is 2.17. The van der Waals surface area contributed by atoms with Gasteiger partial charge < -0.3 is 10.1 Å². The van der Waals surface area contributed by atoms with Crippen LogP contribution in [0.3, 0.4) is 0 Å². The average Bonchev–Trinajstić information content (AvgIpc) is 2.28. The maximum atomic E-state index is 11.9. The Kier molecular flexibility index (Phi) is 5.76. The molecule has 0 radical (unpaired) electrons. The number of halogens is 2. The molecule has 6 heteroatoms. The lowest BCUT2D eigenvalue weighted by molar-refractivity contribution is -0.115. The van der Waals surface area contributed by atoms with Crippen LogP contribution in [0, 0.1) is 0 Å². The Morgan fingerprint density at radius 3 is 2.59 bits per heavy atom. The number of carbonyl (C=O) groups is 1. The van der Waals surface area contributed by atoms with Crippen molar-refractivity contribution in [3.05, 3.63) is 24.3 Å². The monoisotopic (exact) mass is 261 g/mol. The van der Waals surface area contributed by atoms with Gasteiger partial charge in [-0.1, -0.05) is 0 Å². The molecule has 0 fully saturated rings. The summed E-state index contributed by atoms with van der Waals surface area (Å²) < 4.78 is 27.9. The number of alkyl halides is 2. The molecule has 94 valence electrons. The Labute approximate surface area is 103 Å². The van der Waals surface area contributed by atoms with Gasteiger partial charge in [-0.15, -0.1) is 0 Å². The van der Waals surface area contributed by atoms with E-state index in [0.29, 0.717) is 12.1 Å². The van der Waals surface area contributed by atoms with Gasteiger partial charge in [0, 0.05) is 17.9 Å². The largest absolute Gasteiger partial charge is 0.435 e. The molecule has 0 saturated carbocycles. The number of nitrogens with one attached hydrogen (secondary N) is 1. The van der Waals surface area contributed by atoms with E-state index < -0.39 is 6.61 Å². The highest BCUT2D eigenvalue weighted by molar-refractivity contribution is 7.98. The minimum absolute atomic E-state index is 0.0714. The van der Waals surface area contributed by atoms with Crippen LogP contribution >= 0.6 is 11.8 Å².